The normalized spacial score (nSPS) is 9.94. The highest BCUT2D eigenvalue weighted by Gasteiger charge is 2.12. The first-order valence-corrected chi connectivity index (χ1v) is 5.25. The molecule has 0 aliphatic carbocycles. The molecule has 86 valence electrons. The summed E-state index contributed by atoms with van der Waals surface area (Å²) in [5.74, 6) is 5.09. The van der Waals surface area contributed by atoms with Crippen molar-refractivity contribution >= 4 is 23.2 Å². The van der Waals surface area contributed by atoms with E-state index >= 15 is 0 Å². The van der Waals surface area contributed by atoms with Crippen LogP contribution in [-0.4, -0.2) is 16.0 Å². The van der Waals surface area contributed by atoms with Gasteiger partial charge in [-0.05, 0) is 31.6 Å². The first kappa shape index (κ1) is 12.6. The van der Waals surface area contributed by atoms with E-state index in [0.717, 1.165) is 21.7 Å². The van der Waals surface area contributed by atoms with Crippen LogP contribution in [0.2, 0.25) is 0 Å². The van der Waals surface area contributed by atoms with Crippen LogP contribution in [0.3, 0.4) is 0 Å². The summed E-state index contributed by atoms with van der Waals surface area (Å²) in [6.07, 6.45) is 0.205. The lowest BCUT2D eigenvalue weighted by Gasteiger charge is -2.14. The van der Waals surface area contributed by atoms with Gasteiger partial charge in [0.25, 0.3) is 0 Å². The van der Waals surface area contributed by atoms with Gasteiger partial charge >= 0.3 is 0 Å². The first-order valence-electron chi connectivity index (χ1n) is 4.84. The summed E-state index contributed by atoms with van der Waals surface area (Å²) in [6, 6.07) is 5.93. The molecule has 0 bridgehead atoms. The molecule has 0 saturated heterocycles. The summed E-state index contributed by atoms with van der Waals surface area (Å²) in [5.41, 5.74) is 8.40. The number of carbonyl (C=O) groups excluding carboxylic acids is 1. The molecule has 1 aromatic rings. The molecule has 0 aromatic heterocycles. The van der Waals surface area contributed by atoms with E-state index in [4.69, 9.17) is 11.6 Å². The average Bonchev–Trinajstić information content (AvgIpc) is 2.14. The van der Waals surface area contributed by atoms with Crippen molar-refractivity contribution in [3.05, 3.63) is 34.9 Å². The molecular formula is C11H15N3OS. The minimum Gasteiger partial charge on any atom is -0.375 e. The number of rotatable bonds is 2. The van der Waals surface area contributed by atoms with Gasteiger partial charge in [-0.15, -0.1) is 0 Å². The molecule has 0 aliphatic rings. The Morgan fingerprint density at radius 3 is 2.25 bits per heavy atom. The summed E-state index contributed by atoms with van der Waals surface area (Å²) in [7, 11) is 0. The number of hydrogen-bond donors (Lipinski definition) is 2. The van der Waals surface area contributed by atoms with Crippen LogP contribution in [0.4, 0.5) is 0 Å². The third-order valence-corrected chi connectivity index (χ3v) is 2.34. The number of carbonyl (C=O) groups is 1. The second-order valence-corrected chi connectivity index (χ2v) is 4.19. The predicted octanol–water partition coefficient (Wildman–Crippen LogP) is 0.792. The van der Waals surface area contributed by atoms with Crippen LogP contribution < -0.4 is 11.6 Å². The van der Waals surface area contributed by atoms with E-state index in [1.54, 1.807) is 0 Å². The van der Waals surface area contributed by atoms with E-state index < -0.39 is 0 Å². The van der Waals surface area contributed by atoms with Crippen LogP contribution in [0.25, 0.3) is 0 Å². The van der Waals surface area contributed by atoms with Crippen LogP contribution >= 0.6 is 12.2 Å². The van der Waals surface area contributed by atoms with Gasteiger partial charge in [0.2, 0.25) is 5.91 Å². The zero-order valence-electron chi connectivity index (χ0n) is 9.36. The van der Waals surface area contributed by atoms with Crippen molar-refractivity contribution in [2.75, 3.05) is 0 Å². The zero-order valence-corrected chi connectivity index (χ0v) is 10.2. The molecule has 4 nitrogen and oxygen atoms in total. The number of benzene rings is 1. The zero-order chi connectivity index (χ0) is 12.3. The van der Waals surface area contributed by atoms with Crippen LogP contribution in [-0.2, 0) is 11.2 Å². The molecule has 0 saturated carbocycles. The van der Waals surface area contributed by atoms with Gasteiger partial charge in [-0.2, -0.15) is 0 Å². The fourth-order valence-corrected chi connectivity index (χ4v) is 1.66. The summed E-state index contributed by atoms with van der Waals surface area (Å²) in [6.45, 7) is 3.96. The average molecular weight is 237 g/mol. The fraction of sp³-hybridized carbons (Fsp3) is 0.273. The Morgan fingerprint density at radius 2 is 1.81 bits per heavy atom. The van der Waals surface area contributed by atoms with Gasteiger partial charge in [0, 0.05) is 0 Å². The molecule has 0 spiro atoms. The van der Waals surface area contributed by atoms with Crippen LogP contribution in [0.5, 0.6) is 0 Å². The highest BCUT2D eigenvalue weighted by atomic mass is 32.1. The fourth-order valence-electron chi connectivity index (χ4n) is 1.55. The number of hydrazine groups is 1. The maximum Gasteiger partial charge on any atom is 0.247 e. The lowest BCUT2D eigenvalue weighted by molar-refractivity contribution is -0.126. The van der Waals surface area contributed by atoms with Crippen molar-refractivity contribution in [1.29, 1.82) is 0 Å². The molecule has 0 atom stereocenters. The molecule has 0 heterocycles. The summed E-state index contributed by atoms with van der Waals surface area (Å²) in [4.78, 5) is 11.6. The highest BCUT2D eigenvalue weighted by molar-refractivity contribution is 7.80. The summed E-state index contributed by atoms with van der Waals surface area (Å²) in [5, 5.41) is 0.682. The maximum absolute atomic E-state index is 11.6. The lowest BCUT2D eigenvalue weighted by atomic mass is 10.0. The molecular weight excluding hydrogens is 222 g/mol. The van der Waals surface area contributed by atoms with E-state index in [0.29, 0.717) is 0 Å². The topological polar surface area (TPSA) is 72.3 Å². The Morgan fingerprint density at radius 1 is 1.31 bits per heavy atom. The largest absolute Gasteiger partial charge is 0.375 e. The molecule has 0 unspecified atom stereocenters. The molecule has 0 aliphatic heterocycles. The third-order valence-electron chi connectivity index (χ3n) is 2.14. The molecule has 0 fully saturated rings. The Hall–Kier alpha value is -1.46. The molecule has 1 aromatic carbocycles. The van der Waals surface area contributed by atoms with Crippen molar-refractivity contribution in [1.82, 2.24) is 5.01 Å². The number of nitrogens with zero attached hydrogens (tertiary/aromatic N) is 1. The number of thiocarbonyl (C=S) groups is 1. The number of amides is 1. The summed E-state index contributed by atoms with van der Waals surface area (Å²) >= 11 is 4.62. The van der Waals surface area contributed by atoms with E-state index in [-0.39, 0.29) is 17.4 Å². The second kappa shape index (κ2) is 5.05. The van der Waals surface area contributed by atoms with Gasteiger partial charge in [-0.3, -0.25) is 4.79 Å². The number of hydrogen-bond acceptors (Lipinski definition) is 3. The lowest BCUT2D eigenvalue weighted by Crippen LogP contribution is -2.46. The van der Waals surface area contributed by atoms with Gasteiger partial charge in [0.15, 0.2) is 5.11 Å². The van der Waals surface area contributed by atoms with Crippen molar-refractivity contribution < 1.29 is 4.79 Å². The van der Waals surface area contributed by atoms with E-state index in [2.05, 4.69) is 12.2 Å². The second-order valence-electron chi connectivity index (χ2n) is 3.77. The molecule has 16 heavy (non-hydrogen) atoms. The van der Waals surface area contributed by atoms with Crippen molar-refractivity contribution in [2.45, 2.75) is 20.3 Å². The van der Waals surface area contributed by atoms with Gasteiger partial charge < -0.3 is 5.73 Å². The quantitative estimate of drug-likeness (QED) is 0.345. The predicted molar refractivity (Wildman–Crippen MR) is 67.4 cm³/mol. The van der Waals surface area contributed by atoms with Crippen LogP contribution in [0.15, 0.2) is 18.2 Å². The monoisotopic (exact) mass is 237 g/mol. The molecule has 4 N–H and O–H groups in total. The van der Waals surface area contributed by atoms with Crippen molar-refractivity contribution in [3.8, 4) is 0 Å². The van der Waals surface area contributed by atoms with Crippen LogP contribution in [0.1, 0.15) is 16.7 Å². The standard InChI is InChI=1S/C11H15N3OS/c1-7-3-8(2)5-9(4-7)6-10(15)14(13)11(12)16/h3-5H,6,13H2,1-2H3,(H2,12,16). The van der Waals surface area contributed by atoms with E-state index in [9.17, 15) is 4.79 Å². The van der Waals surface area contributed by atoms with E-state index in [1.165, 1.54) is 0 Å². The molecule has 5 heteroatoms. The van der Waals surface area contributed by atoms with Crippen molar-refractivity contribution in [3.63, 3.8) is 0 Å². The Bertz CT molecular complexity index is 411. The van der Waals surface area contributed by atoms with E-state index in [1.807, 2.05) is 32.0 Å². The smallest absolute Gasteiger partial charge is 0.247 e. The Kier molecular flexibility index (Phi) is 3.98. The number of aryl methyl sites for hydroxylation is 2. The molecule has 1 amide bonds. The minimum atomic E-state index is -0.308. The van der Waals surface area contributed by atoms with Crippen LogP contribution in [0, 0.1) is 13.8 Å². The Labute approximate surface area is 100 Å². The SMILES string of the molecule is Cc1cc(C)cc(CC(=O)N(N)C(N)=S)c1. The maximum atomic E-state index is 11.6. The van der Waals surface area contributed by atoms with Gasteiger partial charge in [0.05, 0.1) is 6.42 Å². The minimum absolute atomic E-state index is 0.116. The third kappa shape index (κ3) is 3.29. The van der Waals surface area contributed by atoms with Gasteiger partial charge in [0.1, 0.15) is 0 Å². The van der Waals surface area contributed by atoms with Gasteiger partial charge in [-0.25, -0.2) is 10.9 Å². The highest BCUT2D eigenvalue weighted by Crippen LogP contribution is 2.10. The molecule has 1 rings (SSSR count). The van der Waals surface area contributed by atoms with Gasteiger partial charge in [-0.1, -0.05) is 29.3 Å². The Balaban J connectivity index is 2.81. The van der Waals surface area contributed by atoms with Crippen molar-refractivity contribution in [2.24, 2.45) is 11.6 Å². The number of nitrogens with two attached hydrogens (primary N) is 2. The summed E-state index contributed by atoms with van der Waals surface area (Å²) < 4.78 is 0. The molecule has 0 radical (unpaired) electrons. The first-order chi connectivity index (χ1) is 7.40.